The molecule has 0 heterocycles. The number of hydrogen-bond donors (Lipinski definition) is 1. The molecule has 0 fully saturated rings. The van der Waals surface area contributed by atoms with Crippen molar-refractivity contribution in [1.29, 1.82) is 0 Å². The van der Waals surface area contributed by atoms with E-state index in [9.17, 15) is 4.79 Å². The Labute approximate surface area is 116 Å². The predicted octanol–water partition coefficient (Wildman–Crippen LogP) is 3.66. The average Bonchev–Trinajstić information content (AvgIpc) is 2.47. The van der Waals surface area contributed by atoms with Crippen LogP contribution in [-0.2, 0) is 11.2 Å². The van der Waals surface area contributed by atoms with E-state index in [1.807, 2.05) is 6.07 Å². The van der Waals surface area contributed by atoms with Crippen molar-refractivity contribution in [2.75, 3.05) is 6.54 Å². The monoisotopic (exact) mass is 259 g/mol. The third-order valence-electron chi connectivity index (χ3n) is 4.41. The van der Waals surface area contributed by atoms with Gasteiger partial charge in [-0.25, -0.2) is 0 Å². The molecular weight excluding hydrogens is 234 g/mol. The first kappa shape index (κ1) is 14.1. The number of fused-ring (bicyclic) bond motifs is 1. The molecule has 1 aliphatic rings. The van der Waals surface area contributed by atoms with E-state index in [1.54, 1.807) is 0 Å². The molecule has 2 heteroatoms. The minimum absolute atomic E-state index is 0.0688. The molecule has 0 aliphatic heterocycles. The fourth-order valence-electron chi connectivity index (χ4n) is 2.97. The maximum atomic E-state index is 12.4. The Balaban J connectivity index is 2.01. The third-order valence-corrected chi connectivity index (χ3v) is 4.41. The highest BCUT2D eigenvalue weighted by Gasteiger charge is 2.26. The van der Waals surface area contributed by atoms with Crippen LogP contribution in [0.4, 0.5) is 0 Å². The summed E-state index contributed by atoms with van der Waals surface area (Å²) in [6, 6.07) is 8.40. The Morgan fingerprint density at radius 2 is 2.05 bits per heavy atom. The largest absolute Gasteiger partial charge is 0.355 e. The number of benzene rings is 1. The molecule has 1 aromatic rings. The zero-order chi connectivity index (χ0) is 13.7. The van der Waals surface area contributed by atoms with Crippen LogP contribution in [0.1, 0.15) is 56.6 Å². The van der Waals surface area contributed by atoms with Crippen LogP contribution in [-0.4, -0.2) is 12.5 Å². The first-order valence-electron chi connectivity index (χ1n) is 7.61. The van der Waals surface area contributed by atoms with Crippen molar-refractivity contribution >= 4 is 5.91 Å². The Hall–Kier alpha value is -1.31. The Kier molecular flexibility index (Phi) is 5.00. The van der Waals surface area contributed by atoms with E-state index in [2.05, 4.69) is 37.4 Å². The molecule has 2 rings (SSSR count). The lowest BCUT2D eigenvalue weighted by Gasteiger charge is -2.25. The van der Waals surface area contributed by atoms with Gasteiger partial charge in [-0.1, -0.05) is 51.0 Å². The summed E-state index contributed by atoms with van der Waals surface area (Å²) in [5, 5.41) is 3.16. The van der Waals surface area contributed by atoms with Gasteiger partial charge >= 0.3 is 0 Å². The lowest BCUT2D eigenvalue weighted by atomic mass is 9.82. The zero-order valence-corrected chi connectivity index (χ0v) is 12.1. The number of amides is 1. The van der Waals surface area contributed by atoms with Gasteiger partial charge in [0.05, 0.1) is 5.92 Å². The van der Waals surface area contributed by atoms with Crippen molar-refractivity contribution in [2.45, 2.75) is 51.9 Å². The van der Waals surface area contributed by atoms with Crippen LogP contribution in [0.3, 0.4) is 0 Å². The van der Waals surface area contributed by atoms with Crippen molar-refractivity contribution < 1.29 is 4.79 Å². The molecule has 1 amide bonds. The summed E-state index contributed by atoms with van der Waals surface area (Å²) in [5.74, 6) is 0.904. The van der Waals surface area contributed by atoms with Crippen LogP contribution in [0.2, 0.25) is 0 Å². The van der Waals surface area contributed by atoms with Crippen molar-refractivity contribution in [3.8, 4) is 0 Å². The molecule has 1 atom stereocenters. The number of hydrogen-bond acceptors (Lipinski definition) is 1. The Bertz CT molecular complexity index is 423. The van der Waals surface area contributed by atoms with Crippen LogP contribution in [0.5, 0.6) is 0 Å². The van der Waals surface area contributed by atoms with Crippen LogP contribution in [0.15, 0.2) is 24.3 Å². The summed E-state index contributed by atoms with van der Waals surface area (Å²) in [6.07, 6.45) is 5.51. The fraction of sp³-hybridized carbons (Fsp3) is 0.588. The van der Waals surface area contributed by atoms with E-state index in [0.29, 0.717) is 5.92 Å². The fourth-order valence-corrected chi connectivity index (χ4v) is 2.97. The van der Waals surface area contributed by atoms with E-state index in [4.69, 9.17) is 0 Å². The molecule has 0 saturated heterocycles. The van der Waals surface area contributed by atoms with E-state index in [1.165, 1.54) is 11.1 Å². The van der Waals surface area contributed by atoms with Crippen LogP contribution < -0.4 is 5.32 Å². The number of rotatable bonds is 5. The number of carbonyl (C=O) groups is 1. The molecular formula is C17H25NO. The lowest BCUT2D eigenvalue weighted by molar-refractivity contribution is -0.123. The summed E-state index contributed by atoms with van der Waals surface area (Å²) in [6.45, 7) is 5.21. The first-order chi connectivity index (χ1) is 9.26. The van der Waals surface area contributed by atoms with E-state index < -0.39 is 0 Å². The quantitative estimate of drug-likeness (QED) is 0.859. The molecule has 0 saturated carbocycles. The summed E-state index contributed by atoms with van der Waals surface area (Å²) in [7, 11) is 0. The van der Waals surface area contributed by atoms with Crippen molar-refractivity contribution in [2.24, 2.45) is 5.92 Å². The summed E-state index contributed by atoms with van der Waals surface area (Å²) < 4.78 is 0. The second kappa shape index (κ2) is 6.74. The molecule has 0 aromatic heterocycles. The van der Waals surface area contributed by atoms with Gasteiger partial charge in [0, 0.05) is 6.54 Å². The maximum Gasteiger partial charge on any atom is 0.227 e. The van der Waals surface area contributed by atoms with Gasteiger partial charge in [0.25, 0.3) is 0 Å². The highest BCUT2D eigenvalue weighted by atomic mass is 16.1. The molecule has 104 valence electrons. The predicted molar refractivity (Wildman–Crippen MR) is 79.2 cm³/mol. The highest BCUT2D eigenvalue weighted by molar-refractivity contribution is 5.84. The van der Waals surface area contributed by atoms with Gasteiger partial charge in [0.1, 0.15) is 0 Å². The number of nitrogens with one attached hydrogen (secondary N) is 1. The average molecular weight is 259 g/mol. The molecule has 0 bridgehead atoms. The molecule has 1 aliphatic carbocycles. The summed E-state index contributed by atoms with van der Waals surface area (Å²) >= 11 is 0. The molecule has 2 nitrogen and oxygen atoms in total. The Morgan fingerprint density at radius 1 is 1.32 bits per heavy atom. The highest BCUT2D eigenvalue weighted by Crippen LogP contribution is 2.31. The summed E-state index contributed by atoms with van der Waals surface area (Å²) in [4.78, 5) is 12.4. The number of aryl methyl sites for hydroxylation is 1. The first-order valence-corrected chi connectivity index (χ1v) is 7.61. The zero-order valence-electron chi connectivity index (χ0n) is 12.1. The smallest absolute Gasteiger partial charge is 0.227 e. The molecule has 1 N–H and O–H groups in total. The van der Waals surface area contributed by atoms with E-state index >= 15 is 0 Å². The van der Waals surface area contributed by atoms with Gasteiger partial charge in [-0.2, -0.15) is 0 Å². The van der Waals surface area contributed by atoms with Crippen LogP contribution >= 0.6 is 0 Å². The normalized spacial score (nSPS) is 18.2. The molecule has 0 spiro atoms. The molecule has 1 unspecified atom stereocenters. The van der Waals surface area contributed by atoms with E-state index in [-0.39, 0.29) is 11.8 Å². The van der Waals surface area contributed by atoms with Gasteiger partial charge < -0.3 is 5.32 Å². The van der Waals surface area contributed by atoms with Crippen LogP contribution in [0, 0.1) is 5.92 Å². The van der Waals surface area contributed by atoms with Gasteiger partial charge in [0.2, 0.25) is 5.91 Å². The molecule has 0 radical (unpaired) electrons. The Morgan fingerprint density at radius 3 is 2.79 bits per heavy atom. The van der Waals surface area contributed by atoms with E-state index in [0.717, 1.165) is 38.6 Å². The van der Waals surface area contributed by atoms with Crippen molar-refractivity contribution in [3.63, 3.8) is 0 Å². The van der Waals surface area contributed by atoms with Crippen molar-refractivity contribution in [3.05, 3.63) is 35.4 Å². The summed E-state index contributed by atoms with van der Waals surface area (Å²) in [5.41, 5.74) is 2.60. The SMILES string of the molecule is CCC(CC)CNC(=O)C1CCCc2ccccc21. The third kappa shape index (κ3) is 3.37. The van der Waals surface area contributed by atoms with Gasteiger partial charge in [-0.3, -0.25) is 4.79 Å². The number of carbonyl (C=O) groups excluding carboxylic acids is 1. The van der Waals surface area contributed by atoms with Gasteiger partial charge in [-0.05, 0) is 36.3 Å². The maximum absolute atomic E-state index is 12.4. The van der Waals surface area contributed by atoms with Gasteiger partial charge in [-0.15, -0.1) is 0 Å². The second-order valence-electron chi connectivity index (χ2n) is 5.57. The molecule has 19 heavy (non-hydrogen) atoms. The lowest BCUT2D eigenvalue weighted by Crippen LogP contribution is -2.34. The van der Waals surface area contributed by atoms with Crippen LogP contribution in [0.25, 0.3) is 0 Å². The second-order valence-corrected chi connectivity index (χ2v) is 5.57. The van der Waals surface area contributed by atoms with Gasteiger partial charge in [0.15, 0.2) is 0 Å². The topological polar surface area (TPSA) is 29.1 Å². The minimum Gasteiger partial charge on any atom is -0.355 e. The molecule has 1 aromatic carbocycles. The van der Waals surface area contributed by atoms with Crippen molar-refractivity contribution in [1.82, 2.24) is 5.32 Å². The minimum atomic E-state index is 0.0688. The standard InChI is InChI=1S/C17H25NO/c1-3-13(4-2)12-18-17(19)16-11-7-9-14-8-5-6-10-15(14)16/h5-6,8,10,13,16H,3-4,7,9,11-12H2,1-2H3,(H,18,19).